The van der Waals surface area contributed by atoms with E-state index in [9.17, 15) is 4.79 Å². The van der Waals surface area contributed by atoms with E-state index in [-0.39, 0.29) is 5.91 Å². The summed E-state index contributed by atoms with van der Waals surface area (Å²) in [6.45, 7) is 5.00. The molecule has 26 heavy (non-hydrogen) atoms. The summed E-state index contributed by atoms with van der Waals surface area (Å²) in [5.74, 6) is 1.56. The molecule has 3 nitrogen and oxygen atoms in total. The highest BCUT2D eigenvalue weighted by molar-refractivity contribution is 7.99. The molecule has 2 aromatic carbocycles. The van der Waals surface area contributed by atoms with Crippen LogP contribution in [0.25, 0.3) is 0 Å². The summed E-state index contributed by atoms with van der Waals surface area (Å²) < 4.78 is 0. The van der Waals surface area contributed by atoms with Crippen molar-refractivity contribution in [1.82, 2.24) is 5.32 Å². The van der Waals surface area contributed by atoms with Crippen LogP contribution in [0, 0.1) is 6.92 Å². The van der Waals surface area contributed by atoms with E-state index in [4.69, 9.17) is 0 Å². The van der Waals surface area contributed by atoms with Gasteiger partial charge in [0.15, 0.2) is 0 Å². The van der Waals surface area contributed by atoms with Crippen LogP contribution in [0.1, 0.15) is 29.5 Å². The summed E-state index contributed by atoms with van der Waals surface area (Å²) in [5, 5.41) is 3.06. The molecule has 2 aromatic rings. The highest BCUT2D eigenvalue weighted by atomic mass is 32.2. The summed E-state index contributed by atoms with van der Waals surface area (Å²) in [6, 6.07) is 17.1. The van der Waals surface area contributed by atoms with E-state index in [1.165, 1.54) is 35.2 Å². The third-order valence-electron chi connectivity index (χ3n) is 4.89. The summed E-state index contributed by atoms with van der Waals surface area (Å²) in [6.07, 6.45) is 3.39. The van der Waals surface area contributed by atoms with E-state index in [0.717, 1.165) is 31.8 Å². The number of fused-ring (bicyclic) bond motifs is 1. The molecule has 0 atom stereocenters. The minimum absolute atomic E-state index is 0.141. The molecule has 1 amide bonds. The van der Waals surface area contributed by atoms with E-state index in [1.807, 2.05) is 0 Å². The van der Waals surface area contributed by atoms with Gasteiger partial charge in [-0.1, -0.05) is 42.5 Å². The van der Waals surface area contributed by atoms with Gasteiger partial charge in [-0.3, -0.25) is 4.79 Å². The number of thioether (sulfide) groups is 1. The van der Waals surface area contributed by atoms with Crippen molar-refractivity contribution < 1.29 is 4.79 Å². The normalized spacial score (nSPS) is 13.3. The zero-order chi connectivity index (χ0) is 18.2. The van der Waals surface area contributed by atoms with E-state index in [0.29, 0.717) is 5.75 Å². The van der Waals surface area contributed by atoms with Crippen molar-refractivity contribution in [3.8, 4) is 0 Å². The molecule has 0 radical (unpaired) electrons. The van der Waals surface area contributed by atoms with Crippen molar-refractivity contribution in [1.29, 1.82) is 0 Å². The lowest BCUT2D eigenvalue weighted by atomic mass is 10.0. The van der Waals surface area contributed by atoms with E-state index in [2.05, 4.69) is 65.7 Å². The number of rotatable bonds is 8. The van der Waals surface area contributed by atoms with Crippen LogP contribution in [0.15, 0.2) is 48.5 Å². The van der Waals surface area contributed by atoms with Crippen LogP contribution in [0.3, 0.4) is 0 Å². The third-order valence-corrected chi connectivity index (χ3v) is 5.87. The molecule has 0 fully saturated rings. The van der Waals surface area contributed by atoms with Gasteiger partial charge in [0.25, 0.3) is 0 Å². The van der Waals surface area contributed by atoms with Gasteiger partial charge in [0.05, 0.1) is 5.75 Å². The first kappa shape index (κ1) is 18.8. The lowest BCUT2D eigenvalue weighted by Gasteiger charge is -2.31. The quantitative estimate of drug-likeness (QED) is 0.709. The molecule has 0 saturated carbocycles. The molecule has 1 aliphatic rings. The Bertz CT molecular complexity index is 732. The molecule has 0 spiro atoms. The average molecular weight is 369 g/mol. The number of aryl methyl sites for hydroxylation is 2. The lowest BCUT2D eigenvalue weighted by molar-refractivity contribution is -0.118. The molecule has 1 heterocycles. The van der Waals surface area contributed by atoms with Crippen LogP contribution in [0.5, 0.6) is 0 Å². The Morgan fingerprint density at radius 2 is 1.96 bits per heavy atom. The molecule has 1 aliphatic heterocycles. The van der Waals surface area contributed by atoms with Crippen LogP contribution in [0.2, 0.25) is 0 Å². The van der Waals surface area contributed by atoms with Crippen LogP contribution in [0.4, 0.5) is 5.69 Å². The number of benzene rings is 2. The van der Waals surface area contributed by atoms with Gasteiger partial charge in [-0.05, 0) is 48.9 Å². The van der Waals surface area contributed by atoms with Crippen LogP contribution < -0.4 is 10.2 Å². The number of hydrogen-bond acceptors (Lipinski definition) is 3. The molecule has 138 valence electrons. The summed E-state index contributed by atoms with van der Waals surface area (Å²) >= 11 is 1.68. The molecule has 4 heteroatoms. The second-order valence-electron chi connectivity index (χ2n) is 6.84. The van der Waals surface area contributed by atoms with Crippen molar-refractivity contribution in [2.75, 3.05) is 30.3 Å². The van der Waals surface area contributed by atoms with Crippen LogP contribution in [-0.4, -0.2) is 31.3 Å². The monoisotopic (exact) mass is 368 g/mol. The fourth-order valence-electron chi connectivity index (χ4n) is 3.42. The molecule has 0 saturated heterocycles. The van der Waals surface area contributed by atoms with Gasteiger partial charge in [-0.2, -0.15) is 0 Å². The van der Waals surface area contributed by atoms with E-state index >= 15 is 0 Å². The van der Waals surface area contributed by atoms with E-state index in [1.54, 1.807) is 11.8 Å². The number of carbonyl (C=O) groups excluding carboxylic acids is 1. The zero-order valence-electron chi connectivity index (χ0n) is 15.5. The van der Waals surface area contributed by atoms with Crippen molar-refractivity contribution in [2.45, 2.75) is 31.9 Å². The Hall–Kier alpha value is -1.94. The first-order valence-corrected chi connectivity index (χ1v) is 10.6. The largest absolute Gasteiger partial charge is 0.371 e. The smallest absolute Gasteiger partial charge is 0.230 e. The maximum absolute atomic E-state index is 12.0. The maximum Gasteiger partial charge on any atom is 0.230 e. The maximum atomic E-state index is 12.0. The number of hydrogen-bond donors (Lipinski definition) is 1. The Balaban J connectivity index is 1.33. The third kappa shape index (κ3) is 5.28. The van der Waals surface area contributed by atoms with Gasteiger partial charge >= 0.3 is 0 Å². The number of nitrogens with one attached hydrogen (secondary N) is 1. The van der Waals surface area contributed by atoms with Gasteiger partial charge < -0.3 is 10.2 Å². The fraction of sp³-hybridized carbons (Fsp3) is 0.409. The molecular weight excluding hydrogens is 340 g/mol. The summed E-state index contributed by atoms with van der Waals surface area (Å²) in [5.41, 5.74) is 5.44. The number of para-hydroxylation sites is 1. The number of anilines is 1. The second kappa shape index (κ2) is 9.67. The molecule has 0 aromatic heterocycles. The minimum Gasteiger partial charge on any atom is -0.371 e. The summed E-state index contributed by atoms with van der Waals surface area (Å²) in [4.78, 5) is 14.5. The first-order valence-electron chi connectivity index (χ1n) is 9.46. The molecule has 0 bridgehead atoms. The molecular formula is C22H28N2OS. The fourth-order valence-corrected chi connectivity index (χ4v) is 4.35. The van der Waals surface area contributed by atoms with E-state index < -0.39 is 0 Å². The van der Waals surface area contributed by atoms with Gasteiger partial charge in [0.2, 0.25) is 5.91 Å². The van der Waals surface area contributed by atoms with Crippen LogP contribution >= 0.6 is 11.8 Å². The minimum atomic E-state index is 0.141. The molecule has 3 rings (SSSR count). The molecule has 1 N–H and O–H groups in total. The highest BCUT2D eigenvalue weighted by Crippen LogP contribution is 2.26. The molecule has 0 unspecified atom stereocenters. The number of nitrogens with zero attached hydrogens (tertiary/aromatic N) is 1. The van der Waals surface area contributed by atoms with Gasteiger partial charge in [-0.25, -0.2) is 0 Å². The Morgan fingerprint density at radius 1 is 1.15 bits per heavy atom. The Morgan fingerprint density at radius 3 is 2.85 bits per heavy atom. The highest BCUT2D eigenvalue weighted by Gasteiger charge is 2.15. The van der Waals surface area contributed by atoms with Crippen molar-refractivity contribution in [2.24, 2.45) is 0 Å². The van der Waals surface area contributed by atoms with Crippen molar-refractivity contribution in [3.05, 3.63) is 65.2 Å². The van der Waals surface area contributed by atoms with Crippen molar-refractivity contribution in [3.63, 3.8) is 0 Å². The average Bonchev–Trinajstić information content (AvgIpc) is 2.67. The SMILES string of the molecule is Cc1ccccc1CSCC(=O)NCCCN1CCCc2ccccc21. The number of carbonyl (C=O) groups is 1. The van der Waals surface area contributed by atoms with Crippen molar-refractivity contribution >= 4 is 23.4 Å². The standard InChI is InChI=1S/C22H28N2OS/c1-18-8-2-3-10-20(18)16-26-17-22(25)23-13-7-15-24-14-6-11-19-9-4-5-12-21(19)24/h2-5,8-10,12H,6-7,11,13-17H2,1H3,(H,23,25). The Kier molecular flexibility index (Phi) is 7.01. The Labute approximate surface area is 161 Å². The second-order valence-corrected chi connectivity index (χ2v) is 7.83. The predicted molar refractivity (Wildman–Crippen MR) is 112 cm³/mol. The number of amides is 1. The zero-order valence-corrected chi connectivity index (χ0v) is 16.4. The van der Waals surface area contributed by atoms with Gasteiger partial charge in [0.1, 0.15) is 0 Å². The topological polar surface area (TPSA) is 32.3 Å². The van der Waals surface area contributed by atoms with Crippen LogP contribution in [-0.2, 0) is 17.0 Å². The summed E-state index contributed by atoms with van der Waals surface area (Å²) in [7, 11) is 0. The predicted octanol–water partition coefficient (Wildman–Crippen LogP) is 4.19. The lowest BCUT2D eigenvalue weighted by Crippen LogP contribution is -2.33. The van der Waals surface area contributed by atoms with Gasteiger partial charge in [-0.15, -0.1) is 11.8 Å². The first-order chi connectivity index (χ1) is 12.7. The molecule has 0 aliphatic carbocycles. The van der Waals surface area contributed by atoms with Gasteiger partial charge in [0, 0.05) is 31.1 Å².